The lowest BCUT2D eigenvalue weighted by Crippen LogP contribution is -2.36. The van der Waals surface area contributed by atoms with Crippen LogP contribution in [0.3, 0.4) is 0 Å². The van der Waals surface area contributed by atoms with Crippen LogP contribution in [0, 0.1) is 0 Å². The van der Waals surface area contributed by atoms with E-state index in [9.17, 15) is 18.0 Å². The van der Waals surface area contributed by atoms with Gasteiger partial charge in [-0.15, -0.1) is 0 Å². The standard InChI is InChI=1S/C21H22F3N3O5/c22-21(23,24)14-1-3-16(4-2-14)32-18-7-15(11-31-17-5-6-30-12-17)27(10-18)20-25-8-13(9-26-20)19(28)29/h1-4,8-9,15,17-18H,5-7,10-12H2,(H,28,29)/t15-,17?,18+/m0/s1. The monoisotopic (exact) mass is 453 g/mol. The van der Waals surface area contributed by atoms with Crippen molar-refractivity contribution in [1.29, 1.82) is 0 Å². The average molecular weight is 453 g/mol. The van der Waals surface area contributed by atoms with E-state index >= 15 is 0 Å². The Bertz CT molecular complexity index is 918. The Morgan fingerprint density at radius 3 is 2.50 bits per heavy atom. The van der Waals surface area contributed by atoms with Gasteiger partial charge in [0.15, 0.2) is 0 Å². The maximum atomic E-state index is 12.8. The lowest BCUT2D eigenvalue weighted by Gasteiger charge is -2.25. The highest BCUT2D eigenvalue weighted by atomic mass is 19.4. The van der Waals surface area contributed by atoms with Crippen molar-refractivity contribution in [2.75, 3.05) is 31.3 Å². The van der Waals surface area contributed by atoms with Crippen molar-refractivity contribution in [3.63, 3.8) is 0 Å². The van der Waals surface area contributed by atoms with Gasteiger partial charge in [0.1, 0.15) is 11.9 Å². The molecule has 0 amide bonds. The number of anilines is 1. The fourth-order valence-corrected chi connectivity index (χ4v) is 3.75. The van der Waals surface area contributed by atoms with Crippen LogP contribution in [0.5, 0.6) is 5.75 Å². The first-order valence-corrected chi connectivity index (χ1v) is 10.1. The molecule has 1 N–H and O–H groups in total. The van der Waals surface area contributed by atoms with E-state index in [1.54, 1.807) is 0 Å². The van der Waals surface area contributed by atoms with Gasteiger partial charge in [0.25, 0.3) is 0 Å². The number of alkyl halides is 3. The molecule has 1 unspecified atom stereocenters. The summed E-state index contributed by atoms with van der Waals surface area (Å²) in [6, 6.07) is 4.41. The van der Waals surface area contributed by atoms with Crippen molar-refractivity contribution in [2.45, 2.75) is 37.3 Å². The summed E-state index contributed by atoms with van der Waals surface area (Å²) in [7, 11) is 0. The lowest BCUT2D eigenvalue weighted by molar-refractivity contribution is -0.137. The van der Waals surface area contributed by atoms with E-state index in [2.05, 4.69) is 9.97 Å². The van der Waals surface area contributed by atoms with E-state index in [4.69, 9.17) is 19.3 Å². The van der Waals surface area contributed by atoms with Crippen molar-refractivity contribution in [2.24, 2.45) is 0 Å². The molecule has 2 aromatic rings. The summed E-state index contributed by atoms with van der Waals surface area (Å²) in [5.41, 5.74) is -0.767. The van der Waals surface area contributed by atoms with E-state index in [0.29, 0.717) is 44.5 Å². The number of halogens is 3. The maximum Gasteiger partial charge on any atom is 0.416 e. The minimum Gasteiger partial charge on any atom is -0.489 e. The van der Waals surface area contributed by atoms with Gasteiger partial charge in [-0.3, -0.25) is 0 Å². The quantitative estimate of drug-likeness (QED) is 0.684. The molecule has 0 aliphatic carbocycles. The van der Waals surface area contributed by atoms with E-state index < -0.39 is 17.7 Å². The zero-order valence-electron chi connectivity index (χ0n) is 17.0. The van der Waals surface area contributed by atoms with E-state index in [0.717, 1.165) is 18.6 Å². The van der Waals surface area contributed by atoms with Crippen LogP contribution in [0.25, 0.3) is 0 Å². The summed E-state index contributed by atoms with van der Waals surface area (Å²) >= 11 is 0. The number of rotatable bonds is 7. The SMILES string of the molecule is O=C(O)c1cnc(N2C[C@H](Oc3ccc(C(F)(F)F)cc3)C[C@H]2COC2CCOC2)nc1. The van der Waals surface area contributed by atoms with Crippen molar-refractivity contribution in [3.8, 4) is 5.75 Å². The van der Waals surface area contributed by atoms with Crippen LogP contribution < -0.4 is 9.64 Å². The highest BCUT2D eigenvalue weighted by Gasteiger charge is 2.36. The van der Waals surface area contributed by atoms with Crippen molar-refractivity contribution in [3.05, 3.63) is 47.8 Å². The van der Waals surface area contributed by atoms with Crippen LogP contribution in [-0.4, -0.2) is 65.7 Å². The fourth-order valence-electron chi connectivity index (χ4n) is 3.75. The summed E-state index contributed by atoms with van der Waals surface area (Å²) in [5, 5.41) is 9.06. The number of ether oxygens (including phenoxy) is 3. The van der Waals surface area contributed by atoms with Gasteiger partial charge < -0.3 is 24.2 Å². The molecule has 3 heterocycles. The molecule has 0 saturated carbocycles. The molecular formula is C21H22F3N3O5. The Balaban J connectivity index is 1.46. The van der Waals surface area contributed by atoms with Crippen LogP contribution in [0.4, 0.5) is 19.1 Å². The summed E-state index contributed by atoms with van der Waals surface area (Å²) in [4.78, 5) is 21.3. The number of benzene rings is 1. The zero-order chi connectivity index (χ0) is 22.7. The summed E-state index contributed by atoms with van der Waals surface area (Å²) in [5.74, 6) is -0.455. The number of nitrogens with zero attached hydrogens (tertiary/aromatic N) is 3. The molecule has 2 aliphatic rings. The molecule has 4 rings (SSSR count). The van der Waals surface area contributed by atoms with E-state index in [1.165, 1.54) is 24.5 Å². The molecular weight excluding hydrogens is 431 g/mol. The van der Waals surface area contributed by atoms with Gasteiger partial charge in [-0.1, -0.05) is 0 Å². The van der Waals surface area contributed by atoms with Gasteiger partial charge in [-0.25, -0.2) is 14.8 Å². The third kappa shape index (κ3) is 5.28. The van der Waals surface area contributed by atoms with Crippen LogP contribution in [0.1, 0.15) is 28.8 Å². The number of hydrogen-bond acceptors (Lipinski definition) is 7. The topological polar surface area (TPSA) is 94.0 Å². The third-order valence-electron chi connectivity index (χ3n) is 5.41. The smallest absolute Gasteiger partial charge is 0.416 e. The van der Waals surface area contributed by atoms with Crippen LogP contribution in [0.2, 0.25) is 0 Å². The molecule has 172 valence electrons. The molecule has 2 saturated heterocycles. The van der Waals surface area contributed by atoms with Crippen molar-refractivity contribution < 1.29 is 37.3 Å². The Hall–Kier alpha value is -2.92. The average Bonchev–Trinajstić information content (AvgIpc) is 3.42. The first-order valence-electron chi connectivity index (χ1n) is 10.1. The van der Waals surface area contributed by atoms with Gasteiger partial charge in [0.05, 0.1) is 43.0 Å². The zero-order valence-corrected chi connectivity index (χ0v) is 17.0. The molecule has 2 aliphatic heterocycles. The van der Waals surface area contributed by atoms with Gasteiger partial charge in [-0.05, 0) is 30.7 Å². The molecule has 0 radical (unpaired) electrons. The number of aromatic nitrogens is 2. The second-order valence-electron chi connectivity index (χ2n) is 7.70. The Kier molecular flexibility index (Phi) is 6.47. The maximum absolute atomic E-state index is 12.8. The van der Waals surface area contributed by atoms with Crippen molar-refractivity contribution in [1.82, 2.24) is 9.97 Å². The molecule has 3 atom stereocenters. The molecule has 2 fully saturated rings. The first-order chi connectivity index (χ1) is 15.3. The van der Waals surface area contributed by atoms with Crippen LogP contribution in [0.15, 0.2) is 36.7 Å². The highest BCUT2D eigenvalue weighted by Crippen LogP contribution is 2.32. The minimum absolute atomic E-state index is 0.00189. The third-order valence-corrected chi connectivity index (χ3v) is 5.41. The summed E-state index contributed by atoms with van der Waals surface area (Å²) in [6.45, 7) is 1.92. The van der Waals surface area contributed by atoms with Crippen LogP contribution >= 0.6 is 0 Å². The lowest BCUT2D eigenvalue weighted by atomic mass is 10.2. The van der Waals surface area contributed by atoms with Gasteiger partial charge in [-0.2, -0.15) is 13.2 Å². The number of carboxylic acids is 1. The fraction of sp³-hybridized carbons (Fsp3) is 0.476. The first kappa shape index (κ1) is 22.3. The Morgan fingerprint density at radius 1 is 1.19 bits per heavy atom. The Labute approximate surface area is 181 Å². The molecule has 1 aromatic carbocycles. The van der Waals surface area contributed by atoms with E-state index in [-0.39, 0.29) is 23.8 Å². The van der Waals surface area contributed by atoms with Crippen molar-refractivity contribution >= 4 is 11.9 Å². The number of aromatic carboxylic acids is 1. The summed E-state index contributed by atoms with van der Waals surface area (Å²) < 4.78 is 55.6. The largest absolute Gasteiger partial charge is 0.489 e. The molecule has 8 nitrogen and oxygen atoms in total. The highest BCUT2D eigenvalue weighted by molar-refractivity contribution is 5.86. The van der Waals surface area contributed by atoms with Gasteiger partial charge in [0, 0.05) is 25.4 Å². The van der Waals surface area contributed by atoms with Gasteiger partial charge >= 0.3 is 12.1 Å². The minimum atomic E-state index is -4.41. The van der Waals surface area contributed by atoms with Gasteiger partial charge in [0.2, 0.25) is 5.95 Å². The van der Waals surface area contributed by atoms with Crippen LogP contribution in [-0.2, 0) is 15.7 Å². The Morgan fingerprint density at radius 2 is 1.91 bits per heavy atom. The number of hydrogen-bond donors (Lipinski definition) is 1. The second-order valence-corrected chi connectivity index (χ2v) is 7.70. The normalized spacial score (nSPS) is 23.5. The molecule has 1 aromatic heterocycles. The predicted octanol–water partition coefficient (Wildman–Crippen LogP) is 3.03. The predicted molar refractivity (Wildman–Crippen MR) is 106 cm³/mol. The molecule has 32 heavy (non-hydrogen) atoms. The molecule has 0 spiro atoms. The van der Waals surface area contributed by atoms with E-state index in [1.807, 2.05) is 4.90 Å². The number of carbonyl (C=O) groups is 1. The summed E-state index contributed by atoms with van der Waals surface area (Å²) in [6.07, 6.45) is -0.922. The molecule has 0 bridgehead atoms. The second kappa shape index (κ2) is 9.29. The molecule has 11 heteroatoms. The number of carboxylic acid groups (broad SMARTS) is 1.